The number of isocyanates is 2. The number of hydrogen-bond acceptors (Lipinski definition) is 7. The molecule has 0 radical (unpaired) electrons. The highest BCUT2D eigenvalue weighted by atomic mass is 16.2. The average molecular weight is 405 g/mol. The maximum absolute atomic E-state index is 13.2. The molecule has 0 aliphatic carbocycles. The number of aryl methyl sites for hydroxylation is 2. The number of aliphatic imine (C=N–C) groups is 2. The van der Waals surface area contributed by atoms with Gasteiger partial charge in [0.1, 0.15) is 0 Å². The van der Waals surface area contributed by atoms with E-state index in [0.717, 1.165) is 13.7 Å². The Morgan fingerprint density at radius 3 is 1.47 bits per heavy atom. The molecule has 0 saturated heterocycles. The van der Waals surface area contributed by atoms with Crippen molar-refractivity contribution < 1.29 is 9.59 Å². The predicted octanol–water partition coefficient (Wildman–Crippen LogP) is 1.24. The van der Waals surface area contributed by atoms with Crippen LogP contribution in [-0.2, 0) is 16.6 Å². The molecule has 0 fully saturated rings. The number of aromatic nitrogens is 3. The molecule has 2 aromatic carbocycles. The van der Waals surface area contributed by atoms with E-state index in [-0.39, 0.29) is 22.7 Å². The zero-order valence-corrected chi connectivity index (χ0v) is 16.2. The molecule has 3 rings (SSSR count). The van der Waals surface area contributed by atoms with Gasteiger partial charge in [0.25, 0.3) is 0 Å². The van der Waals surface area contributed by atoms with Crippen LogP contribution in [-0.4, -0.2) is 25.9 Å². The molecule has 3 aromatic rings. The first-order valence-electron chi connectivity index (χ1n) is 8.63. The van der Waals surface area contributed by atoms with Crippen molar-refractivity contribution in [3.05, 3.63) is 79.0 Å². The topological polar surface area (TPSA) is 125 Å². The largest absolute Gasteiger partial charge is 0.345 e. The summed E-state index contributed by atoms with van der Waals surface area (Å²) in [5.41, 5.74) is -0.712. The summed E-state index contributed by atoms with van der Waals surface area (Å²) in [4.78, 5) is 67.0. The van der Waals surface area contributed by atoms with Gasteiger partial charge in [-0.3, -0.25) is 0 Å². The van der Waals surface area contributed by atoms with E-state index in [1.54, 1.807) is 26.0 Å². The number of carbonyl (C=O) groups excluding carboxylic acids is 2. The lowest BCUT2D eigenvalue weighted by Gasteiger charge is -2.13. The molecule has 10 heteroatoms. The van der Waals surface area contributed by atoms with Gasteiger partial charge in [-0.1, -0.05) is 12.1 Å². The van der Waals surface area contributed by atoms with Gasteiger partial charge in [0, 0.05) is 7.05 Å². The van der Waals surface area contributed by atoms with Crippen LogP contribution in [0.2, 0.25) is 0 Å². The molecule has 0 bridgehead atoms. The van der Waals surface area contributed by atoms with E-state index in [4.69, 9.17) is 0 Å². The molecular weight excluding hydrogens is 390 g/mol. The first-order valence-corrected chi connectivity index (χ1v) is 8.63. The molecular formula is C20H15N5O5. The lowest BCUT2D eigenvalue weighted by Crippen LogP contribution is -2.52. The van der Waals surface area contributed by atoms with E-state index in [2.05, 4.69) is 9.98 Å². The summed E-state index contributed by atoms with van der Waals surface area (Å²) < 4.78 is 2.34. The van der Waals surface area contributed by atoms with Crippen LogP contribution in [0.4, 0.5) is 11.4 Å². The maximum Gasteiger partial charge on any atom is 0.345 e. The third-order valence-electron chi connectivity index (χ3n) is 4.57. The van der Waals surface area contributed by atoms with E-state index < -0.39 is 17.1 Å². The van der Waals surface area contributed by atoms with Gasteiger partial charge in [0.15, 0.2) is 0 Å². The minimum absolute atomic E-state index is 0.118. The molecule has 0 atom stereocenters. The van der Waals surface area contributed by atoms with E-state index in [0.29, 0.717) is 11.1 Å². The molecule has 30 heavy (non-hydrogen) atoms. The van der Waals surface area contributed by atoms with Crippen LogP contribution in [0.15, 0.2) is 60.8 Å². The van der Waals surface area contributed by atoms with Crippen LogP contribution in [0.1, 0.15) is 11.1 Å². The van der Waals surface area contributed by atoms with Gasteiger partial charge in [-0.15, -0.1) is 0 Å². The van der Waals surface area contributed by atoms with E-state index >= 15 is 0 Å². The first-order chi connectivity index (χ1) is 14.3. The second-order valence-corrected chi connectivity index (χ2v) is 6.43. The van der Waals surface area contributed by atoms with Crippen molar-refractivity contribution in [3.63, 3.8) is 0 Å². The van der Waals surface area contributed by atoms with E-state index in [1.165, 1.54) is 43.5 Å². The molecule has 0 unspecified atom stereocenters. The molecule has 0 aliphatic heterocycles. The fourth-order valence-corrected chi connectivity index (χ4v) is 2.90. The molecule has 1 heterocycles. The van der Waals surface area contributed by atoms with Crippen molar-refractivity contribution in [2.75, 3.05) is 0 Å². The number of rotatable bonds is 4. The lowest BCUT2D eigenvalue weighted by atomic mass is 10.2. The second kappa shape index (κ2) is 7.92. The van der Waals surface area contributed by atoms with Crippen LogP contribution >= 0.6 is 0 Å². The molecule has 0 aliphatic rings. The highest BCUT2D eigenvalue weighted by molar-refractivity contribution is 5.59. The van der Waals surface area contributed by atoms with Crippen LogP contribution < -0.4 is 17.1 Å². The molecule has 0 amide bonds. The standard InChI is InChI=1S/C20H15N5O5/c1-12-4-6-14(8-16(12)21-10-26)24-18(28)23(3)19(29)25(20(24)30)15-7-5-13(2)17(9-15)22-11-27/h4-9H,1-3H3. The number of nitrogens with zero attached hydrogens (tertiary/aromatic N) is 5. The fraction of sp³-hybridized carbons (Fsp3) is 0.150. The Bertz CT molecular complexity index is 1340. The minimum Gasteiger partial charge on any atom is -0.247 e. The lowest BCUT2D eigenvalue weighted by molar-refractivity contribution is 0.564. The van der Waals surface area contributed by atoms with Crippen LogP contribution in [0.5, 0.6) is 0 Å². The summed E-state index contributed by atoms with van der Waals surface area (Å²) in [5, 5.41) is 0. The quantitative estimate of drug-likeness (QED) is 0.477. The summed E-state index contributed by atoms with van der Waals surface area (Å²) in [5.74, 6) is 0. The Balaban J connectivity index is 2.40. The molecule has 0 spiro atoms. The van der Waals surface area contributed by atoms with Crippen molar-refractivity contribution in [1.29, 1.82) is 0 Å². The molecule has 0 saturated carbocycles. The van der Waals surface area contributed by atoms with Crippen LogP contribution in [0.25, 0.3) is 11.4 Å². The van der Waals surface area contributed by atoms with Gasteiger partial charge in [0.2, 0.25) is 12.2 Å². The molecule has 1 aromatic heterocycles. The van der Waals surface area contributed by atoms with Crippen LogP contribution in [0.3, 0.4) is 0 Å². The van der Waals surface area contributed by atoms with Crippen LogP contribution in [0, 0.1) is 13.8 Å². The highest BCUT2D eigenvalue weighted by Gasteiger charge is 2.17. The van der Waals surface area contributed by atoms with Gasteiger partial charge >= 0.3 is 17.1 Å². The number of benzene rings is 2. The normalized spacial score (nSPS) is 10.2. The zero-order valence-electron chi connectivity index (χ0n) is 16.2. The molecule has 0 N–H and O–H groups in total. The Hall–Kier alpha value is -4.39. The van der Waals surface area contributed by atoms with Crippen molar-refractivity contribution in [1.82, 2.24) is 13.7 Å². The van der Waals surface area contributed by atoms with Gasteiger partial charge in [0.05, 0.1) is 22.7 Å². The summed E-state index contributed by atoms with van der Waals surface area (Å²) in [6.45, 7) is 3.40. The average Bonchev–Trinajstić information content (AvgIpc) is 2.71. The smallest absolute Gasteiger partial charge is 0.247 e. The molecule has 10 nitrogen and oxygen atoms in total. The third-order valence-corrected chi connectivity index (χ3v) is 4.57. The minimum atomic E-state index is -0.933. The predicted molar refractivity (Wildman–Crippen MR) is 108 cm³/mol. The SMILES string of the molecule is Cc1ccc(-n2c(=O)n(C)c(=O)n(-c3ccc(C)c(N=C=O)c3)c2=O)cc1N=C=O. The summed E-state index contributed by atoms with van der Waals surface area (Å²) in [7, 11) is 1.23. The van der Waals surface area contributed by atoms with E-state index in [1.807, 2.05) is 0 Å². The van der Waals surface area contributed by atoms with Crippen molar-refractivity contribution >= 4 is 23.5 Å². The Morgan fingerprint density at radius 1 is 0.700 bits per heavy atom. The highest BCUT2D eigenvalue weighted by Crippen LogP contribution is 2.22. The van der Waals surface area contributed by atoms with Crippen molar-refractivity contribution in [3.8, 4) is 11.4 Å². The Kier molecular flexibility index (Phi) is 5.37. The van der Waals surface area contributed by atoms with Gasteiger partial charge in [-0.05, 0) is 49.2 Å². The fourth-order valence-electron chi connectivity index (χ4n) is 2.90. The van der Waals surface area contributed by atoms with Crippen molar-refractivity contribution in [2.45, 2.75) is 13.8 Å². The molecule has 150 valence electrons. The monoisotopic (exact) mass is 405 g/mol. The summed E-state index contributed by atoms with van der Waals surface area (Å²) >= 11 is 0. The summed E-state index contributed by atoms with van der Waals surface area (Å²) in [6.07, 6.45) is 2.84. The Morgan fingerprint density at radius 2 is 1.10 bits per heavy atom. The second-order valence-electron chi connectivity index (χ2n) is 6.43. The zero-order chi connectivity index (χ0) is 22.0. The first kappa shape index (κ1) is 20.3. The van der Waals surface area contributed by atoms with Gasteiger partial charge in [-0.2, -0.15) is 9.98 Å². The van der Waals surface area contributed by atoms with Gasteiger partial charge in [-0.25, -0.2) is 37.7 Å². The van der Waals surface area contributed by atoms with Crippen molar-refractivity contribution in [2.24, 2.45) is 17.0 Å². The summed E-state index contributed by atoms with van der Waals surface area (Å²) in [6, 6.07) is 8.89. The van der Waals surface area contributed by atoms with Gasteiger partial charge < -0.3 is 0 Å². The maximum atomic E-state index is 13.2. The van der Waals surface area contributed by atoms with E-state index in [9.17, 15) is 24.0 Å². The third kappa shape index (κ3) is 3.40. The Labute approximate surface area is 168 Å². The number of hydrogen-bond donors (Lipinski definition) is 0.